The summed E-state index contributed by atoms with van der Waals surface area (Å²) in [6.07, 6.45) is 3.39. The van der Waals surface area contributed by atoms with E-state index < -0.39 is 5.97 Å². The fourth-order valence-corrected chi connectivity index (χ4v) is 3.59. The molecular weight excluding hydrogens is 416 g/mol. The van der Waals surface area contributed by atoms with Crippen molar-refractivity contribution in [2.24, 2.45) is 0 Å². The van der Waals surface area contributed by atoms with E-state index in [0.717, 1.165) is 44.7 Å². The molecule has 0 saturated carbocycles. The summed E-state index contributed by atoms with van der Waals surface area (Å²) in [5.41, 5.74) is 2.83. The van der Waals surface area contributed by atoms with Gasteiger partial charge >= 0.3 is 5.97 Å². The van der Waals surface area contributed by atoms with Crippen molar-refractivity contribution in [3.63, 3.8) is 0 Å². The monoisotopic (exact) mass is 440 g/mol. The summed E-state index contributed by atoms with van der Waals surface area (Å²) in [6.45, 7) is 0. The Hall–Kier alpha value is -4.25. The molecule has 0 bridgehead atoms. The first kappa shape index (κ1) is 22.0. The number of carboxylic acids is 1. The average Bonchev–Trinajstić information content (AvgIpc) is 2.84. The second-order valence-corrected chi connectivity index (χ2v) is 7.43. The van der Waals surface area contributed by atoms with E-state index in [1.165, 1.54) is 0 Å². The van der Waals surface area contributed by atoms with Gasteiger partial charge in [0.25, 0.3) is 0 Å². The summed E-state index contributed by atoms with van der Waals surface area (Å²) in [7, 11) is 3.30. The smallest absolute Gasteiger partial charge is 0.307 e. The molecule has 5 nitrogen and oxygen atoms in total. The van der Waals surface area contributed by atoms with E-state index in [4.69, 9.17) is 19.3 Å². The molecule has 0 unspecified atom stereocenters. The SMILES string of the molecule is COc1cccc(-c2ccc3cc(OC)ccc3c2Oc2ccc(C=CCC(=O)O)cc2)c1. The van der Waals surface area contributed by atoms with E-state index in [2.05, 4.69) is 6.07 Å². The number of methoxy groups -OCH3 is 2. The number of ether oxygens (including phenoxy) is 3. The summed E-state index contributed by atoms with van der Waals surface area (Å²) in [4.78, 5) is 10.7. The molecule has 0 aliphatic carbocycles. The van der Waals surface area contributed by atoms with Gasteiger partial charge in [0, 0.05) is 10.9 Å². The molecule has 1 N–H and O–H groups in total. The van der Waals surface area contributed by atoms with Crippen LogP contribution in [-0.4, -0.2) is 25.3 Å². The molecule has 5 heteroatoms. The average molecular weight is 440 g/mol. The van der Waals surface area contributed by atoms with Gasteiger partial charge in [-0.05, 0) is 65.0 Å². The summed E-state index contributed by atoms with van der Waals surface area (Å²) in [5, 5.41) is 10.7. The van der Waals surface area contributed by atoms with Gasteiger partial charge in [-0.2, -0.15) is 0 Å². The summed E-state index contributed by atoms with van der Waals surface area (Å²) in [6, 6.07) is 25.4. The van der Waals surface area contributed by atoms with E-state index in [9.17, 15) is 4.79 Å². The molecule has 0 radical (unpaired) electrons. The molecule has 0 fully saturated rings. The molecule has 33 heavy (non-hydrogen) atoms. The van der Waals surface area contributed by atoms with Crippen LogP contribution in [0.25, 0.3) is 28.0 Å². The van der Waals surface area contributed by atoms with Crippen molar-refractivity contribution in [2.45, 2.75) is 6.42 Å². The lowest BCUT2D eigenvalue weighted by atomic mass is 9.99. The summed E-state index contributed by atoms with van der Waals surface area (Å²) < 4.78 is 17.2. The van der Waals surface area contributed by atoms with Crippen LogP contribution in [-0.2, 0) is 4.79 Å². The minimum atomic E-state index is -0.858. The third kappa shape index (κ3) is 5.15. The molecule has 0 amide bonds. The maximum Gasteiger partial charge on any atom is 0.307 e. The molecule has 0 aliphatic rings. The molecular formula is C28H24O5. The normalized spacial score (nSPS) is 11.0. The number of hydrogen-bond donors (Lipinski definition) is 1. The lowest BCUT2D eigenvalue weighted by Crippen LogP contribution is -1.92. The van der Waals surface area contributed by atoms with Gasteiger partial charge in [0.05, 0.1) is 20.6 Å². The Bertz CT molecular complexity index is 1310. The zero-order valence-electron chi connectivity index (χ0n) is 18.4. The zero-order chi connectivity index (χ0) is 23.2. The number of rotatable bonds is 8. The van der Waals surface area contributed by atoms with Crippen molar-refractivity contribution in [1.82, 2.24) is 0 Å². The van der Waals surface area contributed by atoms with E-state index >= 15 is 0 Å². The van der Waals surface area contributed by atoms with Crippen LogP contribution in [0, 0.1) is 0 Å². The van der Waals surface area contributed by atoms with Gasteiger partial charge in [-0.15, -0.1) is 0 Å². The Morgan fingerprint density at radius 1 is 0.848 bits per heavy atom. The van der Waals surface area contributed by atoms with Gasteiger partial charge in [0.2, 0.25) is 0 Å². The summed E-state index contributed by atoms with van der Waals surface area (Å²) >= 11 is 0. The van der Waals surface area contributed by atoms with Gasteiger partial charge in [0.1, 0.15) is 23.0 Å². The lowest BCUT2D eigenvalue weighted by Gasteiger charge is -2.16. The van der Waals surface area contributed by atoms with Gasteiger partial charge in [-0.25, -0.2) is 0 Å². The topological polar surface area (TPSA) is 65.0 Å². The third-order valence-electron chi connectivity index (χ3n) is 5.26. The fraction of sp³-hybridized carbons (Fsp3) is 0.107. The predicted molar refractivity (Wildman–Crippen MR) is 130 cm³/mol. The van der Waals surface area contributed by atoms with Crippen LogP contribution in [0.15, 0.2) is 84.9 Å². The second-order valence-electron chi connectivity index (χ2n) is 7.43. The van der Waals surface area contributed by atoms with Crippen molar-refractivity contribution >= 4 is 22.8 Å². The highest BCUT2D eigenvalue weighted by Gasteiger charge is 2.14. The molecule has 0 aliphatic heterocycles. The lowest BCUT2D eigenvalue weighted by molar-refractivity contribution is -0.135. The molecule has 4 aromatic carbocycles. The minimum Gasteiger partial charge on any atom is -0.497 e. The molecule has 166 valence electrons. The zero-order valence-corrected chi connectivity index (χ0v) is 18.4. The summed E-state index contributed by atoms with van der Waals surface area (Å²) in [5.74, 6) is 2.10. The quantitative estimate of drug-likeness (QED) is 0.326. The van der Waals surface area contributed by atoms with Gasteiger partial charge < -0.3 is 19.3 Å². The Kier molecular flexibility index (Phi) is 6.60. The molecule has 4 rings (SSSR count). The molecule has 0 aromatic heterocycles. The van der Waals surface area contributed by atoms with Crippen LogP contribution in [0.3, 0.4) is 0 Å². The number of aliphatic carboxylic acids is 1. The standard InChI is InChI=1S/C28H24O5/c1-31-23-7-4-6-20(17-23)25-15-11-21-18-24(32-2)14-16-26(21)28(25)33-22-12-9-19(10-13-22)5-3-8-27(29)30/h3-7,9-18H,8H2,1-2H3,(H,29,30). The van der Waals surface area contributed by atoms with Crippen LogP contribution in [0.2, 0.25) is 0 Å². The first-order valence-corrected chi connectivity index (χ1v) is 10.5. The van der Waals surface area contributed by atoms with Crippen molar-refractivity contribution in [1.29, 1.82) is 0 Å². The fourth-order valence-electron chi connectivity index (χ4n) is 3.59. The Labute approximate surface area is 192 Å². The van der Waals surface area contributed by atoms with Crippen molar-refractivity contribution in [3.8, 4) is 34.1 Å². The highest BCUT2D eigenvalue weighted by molar-refractivity contribution is 5.96. The van der Waals surface area contributed by atoms with E-state index in [1.54, 1.807) is 26.4 Å². The van der Waals surface area contributed by atoms with Gasteiger partial charge in [-0.1, -0.05) is 42.5 Å². The number of fused-ring (bicyclic) bond motifs is 1. The van der Waals surface area contributed by atoms with Crippen molar-refractivity contribution < 1.29 is 24.1 Å². The Morgan fingerprint density at radius 3 is 2.30 bits per heavy atom. The first-order chi connectivity index (χ1) is 16.1. The van der Waals surface area contributed by atoms with Crippen LogP contribution >= 0.6 is 0 Å². The van der Waals surface area contributed by atoms with E-state index in [1.807, 2.05) is 72.8 Å². The predicted octanol–water partition coefficient (Wildman–Crippen LogP) is 6.80. The van der Waals surface area contributed by atoms with E-state index in [0.29, 0.717) is 5.75 Å². The van der Waals surface area contributed by atoms with Crippen molar-refractivity contribution in [3.05, 3.63) is 90.5 Å². The van der Waals surface area contributed by atoms with Crippen LogP contribution in [0.4, 0.5) is 0 Å². The minimum absolute atomic E-state index is 0.0123. The maximum absolute atomic E-state index is 10.7. The first-order valence-electron chi connectivity index (χ1n) is 10.5. The number of carbonyl (C=O) groups is 1. The van der Waals surface area contributed by atoms with Crippen LogP contribution in [0.1, 0.15) is 12.0 Å². The highest BCUT2D eigenvalue weighted by Crippen LogP contribution is 2.41. The Morgan fingerprint density at radius 2 is 1.58 bits per heavy atom. The number of carboxylic acid groups (broad SMARTS) is 1. The van der Waals surface area contributed by atoms with Gasteiger partial charge in [-0.3, -0.25) is 4.79 Å². The van der Waals surface area contributed by atoms with Crippen molar-refractivity contribution in [2.75, 3.05) is 14.2 Å². The molecule has 0 saturated heterocycles. The van der Waals surface area contributed by atoms with Crippen LogP contribution < -0.4 is 14.2 Å². The third-order valence-corrected chi connectivity index (χ3v) is 5.26. The largest absolute Gasteiger partial charge is 0.497 e. The highest BCUT2D eigenvalue weighted by atomic mass is 16.5. The molecule has 0 atom stereocenters. The maximum atomic E-state index is 10.7. The number of benzene rings is 4. The van der Waals surface area contributed by atoms with Crippen LogP contribution in [0.5, 0.6) is 23.0 Å². The second kappa shape index (κ2) is 9.92. The van der Waals surface area contributed by atoms with E-state index in [-0.39, 0.29) is 6.42 Å². The Balaban J connectivity index is 1.75. The molecule has 0 heterocycles. The molecule has 4 aromatic rings. The number of hydrogen-bond acceptors (Lipinski definition) is 4. The van der Waals surface area contributed by atoms with Gasteiger partial charge in [0.15, 0.2) is 0 Å². The molecule has 0 spiro atoms.